The first-order valence-electron chi connectivity index (χ1n) is 7.70. The zero-order valence-corrected chi connectivity index (χ0v) is 12.5. The van der Waals surface area contributed by atoms with Gasteiger partial charge in [-0.3, -0.25) is 14.6 Å². The van der Waals surface area contributed by atoms with Gasteiger partial charge in [0.15, 0.2) is 0 Å². The van der Waals surface area contributed by atoms with E-state index in [0.29, 0.717) is 19.5 Å². The van der Waals surface area contributed by atoms with E-state index in [4.69, 9.17) is 4.74 Å². The largest absolute Gasteiger partial charge is 0.379 e. The third-order valence-corrected chi connectivity index (χ3v) is 4.13. The lowest BCUT2D eigenvalue weighted by Crippen LogP contribution is -2.43. The molecule has 2 aliphatic heterocycles. The van der Waals surface area contributed by atoms with Gasteiger partial charge >= 0.3 is 6.03 Å². The highest BCUT2D eigenvalue weighted by Crippen LogP contribution is 2.12. The lowest BCUT2D eigenvalue weighted by Gasteiger charge is -2.27. The van der Waals surface area contributed by atoms with Crippen molar-refractivity contribution in [3.63, 3.8) is 0 Å². The summed E-state index contributed by atoms with van der Waals surface area (Å²) >= 11 is 0. The normalized spacial score (nSPS) is 22.9. The molecule has 118 valence electrons. The van der Waals surface area contributed by atoms with Crippen molar-refractivity contribution in [2.45, 2.75) is 12.5 Å². The minimum atomic E-state index is -0.445. The van der Waals surface area contributed by atoms with E-state index in [2.05, 4.69) is 10.2 Å². The molecule has 0 spiro atoms. The maximum absolute atomic E-state index is 12.4. The van der Waals surface area contributed by atoms with Crippen LogP contribution in [0.5, 0.6) is 0 Å². The Morgan fingerprint density at radius 2 is 1.82 bits per heavy atom. The lowest BCUT2D eigenvalue weighted by molar-refractivity contribution is -0.127. The standard InChI is InChI=1S/C16H21N3O3/c20-15-14(12-13-4-2-1-3-5-13)17-16(21)19(15)7-6-18-8-10-22-11-9-18/h1-5,14H,6-12H2,(H,17,21)/t14-/m1/s1. The minimum absolute atomic E-state index is 0.123. The van der Waals surface area contributed by atoms with Crippen molar-refractivity contribution >= 4 is 11.9 Å². The fraction of sp³-hybridized carbons (Fsp3) is 0.500. The van der Waals surface area contributed by atoms with Crippen molar-refractivity contribution in [2.24, 2.45) is 0 Å². The molecule has 2 saturated heterocycles. The van der Waals surface area contributed by atoms with Gasteiger partial charge in [-0.2, -0.15) is 0 Å². The van der Waals surface area contributed by atoms with Crippen LogP contribution in [0, 0.1) is 0 Å². The van der Waals surface area contributed by atoms with E-state index < -0.39 is 6.04 Å². The lowest BCUT2D eigenvalue weighted by atomic mass is 10.1. The summed E-state index contributed by atoms with van der Waals surface area (Å²) in [6.45, 7) is 4.30. The molecule has 0 saturated carbocycles. The molecule has 2 heterocycles. The quantitative estimate of drug-likeness (QED) is 0.804. The number of carbonyl (C=O) groups excluding carboxylic acids is 2. The molecule has 1 aromatic carbocycles. The predicted octanol–water partition coefficient (Wildman–Crippen LogP) is 0.482. The van der Waals surface area contributed by atoms with Gasteiger partial charge in [-0.05, 0) is 5.56 Å². The highest BCUT2D eigenvalue weighted by atomic mass is 16.5. The third-order valence-electron chi connectivity index (χ3n) is 4.13. The van der Waals surface area contributed by atoms with Crippen LogP contribution in [-0.4, -0.2) is 67.2 Å². The van der Waals surface area contributed by atoms with Crippen molar-refractivity contribution in [1.82, 2.24) is 15.1 Å². The van der Waals surface area contributed by atoms with Crippen LogP contribution in [0.25, 0.3) is 0 Å². The van der Waals surface area contributed by atoms with Crippen LogP contribution in [-0.2, 0) is 16.0 Å². The maximum atomic E-state index is 12.4. The summed E-state index contributed by atoms with van der Waals surface area (Å²) in [6, 6.07) is 9.03. The number of nitrogens with one attached hydrogen (secondary N) is 1. The molecular weight excluding hydrogens is 282 g/mol. The first-order valence-corrected chi connectivity index (χ1v) is 7.70. The molecule has 1 N–H and O–H groups in total. The van der Waals surface area contributed by atoms with Crippen LogP contribution in [0.4, 0.5) is 4.79 Å². The Kier molecular flexibility index (Phi) is 4.70. The van der Waals surface area contributed by atoms with Gasteiger partial charge in [-0.25, -0.2) is 4.79 Å². The van der Waals surface area contributed by atoms with Crippen LogP contribution in [0.3, 0.4) is 0 Å². The van der Waals surface area contributed by atoms with Gasteiger partial charge in [0.25, 0.3) is 5.91 Å². The molecule has 0 aliphatic carbocycles. The molecule has 6 nitrogen and oxygen atoms in total. The molecule has 6 heteroatoms. The van der Waals surface area contributed by atoms with Gasteiger partial charge in [-0.1, -0.05) is 30.3 Å². The highest BCUT2D eigenvalue weighted by molar-refractivity contribution is 6.04. The topological polar surface area (TPSA) is 61.9 Å². The number of hydrogen-bond acceptors (Lipinski definition) is 4. The second kappa shape index (κ2) is 6.89. The molecule has 0 bridgehead atoms. The summed E-state index contributed by atoms with van der Waals surface area (Å²) in [7, 11) is 0. The van der Waals surface area contributed by atoms with Gasteiger partial charge in [0.1, 0.15) is 6.04 Å². The van der Waals surface area contributed by atoms with Crippen LogP contribution >= 0.6 is 0 Å². The average Bonchev–Trinajstić information content (AvgIpc) is 2.81. The summed E-state index contributed by atoms with van der Waals surface area (Å²) in [5, 5.41) is 2.78. The predicted molar refractivity (Wildman–Crippen MR) is 81.4 cm³/mol. The highest BCUT2D eigenvalue weighted by Gasteiger charge is 2.37. The molecule has 3 rings (SSSR count). The number of benzene rings is 1. The Labute approximate surface area is 130 Å². The van der Waals surface area contributed by atoms with Crippen LogP contribution < -0.4 is 5.32 Å². The zero-order valence-electron chi connectivity index (χ0n) is 12.5. The number of ether oxygens (including phenoxy) is 1. The first-order chi connectivity index (χ1) is 10.7. The number of hydrogen-bond donors (Lipinski definition) is 1. The van der Waals surface area contributed by atoms with Crippen molar-refractivity contribution < 1.29 is 14.3 Å². The van der Waals surface area contributed by atoms with Crippen molar-refractivity contribution in [3.05, 3.63) is 35.9 Å². The van der Waals surface area contributed by atoms with Crippen LogP contribution in [0.15, 0.2) is 30.3 Å². The molecule has 0 aromatic heterocycles. The number of rotatable bonds is 5. The number of amides is 3. The number of imide groups is 1. The van der Waals surface area contributed by atoms with E-state index in [1.54, 1.807) is 0 Å². The molecule has 1 atom stereocenters. The monoisotopic (exact) mass is 303 g/mol. The Bertz CT molecular complexity index is 529. The Balaban J connectivity index is 1.54. The van der Waals surface area contributed by atoms with E-state index in [1.165, 1.54) is 4.90 Å². The average molecular weight is 303 g/mol. The van der Waals surface area contributed by atoms with E-state index in [-0.39, 0.29) is 11.9 Å². The Morgan fingerprint density at radius 3 is 2.55 bits per heavy atom. The van der Waals surface area contributed by atoms with Gasteiger partial charge in [0.2, 0.25) is 0 Å². The molecule has 22 heavy (non-hydrogen) atoms. The smallest absolute Gasteiger partial charge is 0.324 e. The van der Waals surface area contributed by atoms with Crippen molar-refractivity contribution in [2.75, 3.05) is 39.4 Å². The fourth-order valence-electron chi connectivity index (χ4n) is 2.84. The number of morpholine rings is 1. The second-order valence-electron chi connectivity index (χ2n) is 5.64. The molecule has 2 aliphatic rings. The summed E-state index contributed by atoms with van der Waals surface area (Å²) < 4.78 is 5.30. The Morgan fingerprint density at radius 1 is 1.09 bits per heavy atom. The molecule has 1 aromatic rings. The first kappa shape index (κ1) is 15.0. The summed E-state index contributed by atoms with van der Waals surface area (Å²) in [6.07, 6.45) is 0.541. The van der Waals surface area contributed by atoms with Gasteiger partial charge in [0.05, 0.1) is 13.2 Å². The fourth-order valence-corrected chi connectivity index (χ4v) is 2.84. The molecule has 0 unspecified atom stereocenters. The SMILES string of the molecule is O=C1N[C@H](Cc2ccccc2)C(=O)N1CCN1CCOCC1. The van der Waals surface area contributed by atoms with Crippen molar-refractivity contribution in [3.8, 4) is 0 Å². The van der Waals surface area contributed by atoms with E-state index in [1.807, 2.05) is 30.3 Å². The van der Waals surface area contributed by atoms with Crippen LogP contribution in [0.1, 0.15) is 5.56 Å². The van der Waals surface area contributed by atoms with Crippen molar-refractivity contribution in [1.29, 1.82) is 0 Å². The van der Waals surface area contributed by atoms with Gasteiger partial charge in [0, 0.05) is 32.6 Å². The van der Waals surface area contributed by atoms with Crippen LogP contribution in [0.2, 0.25) is 0 Å². The molecular formula is C16H21N3O3. The number of nitrogens with zero attached hydrogens (tertiary/aromatic N) is 2. The Hall–Kier alpha value is -1.92. The number of urea groups is 1. The number of carbonyl (C=O) groups is 2. The second-order valence-corrected chi connectivity index (χ2v) is 5.64. The molecule has 0 radical (unpaired) electrons. The third kappa shape index (κ3) is 3.45. The molecule has 2 fully saturated rings. The minimum Gasteiger partial charge on any atom is -0.379 e. The van der Waals surface area contributed by atoms with Gasteiger partial charge < -0.3 is 10.1 Å². The summed E-state index contributed by atoms with van der Waals surface area (Å²) in [5.41, 5.74) is 1.05. The summed E-state index contributed by atoms with van der Waals surface area (Å²) in [5.74, 6) is -0.123. The van der Waals surface area contributed by atoms with E-state index >= 15 is 0 Å². The van der Waals surface area contributed by atoms with E-state index in [0.717, 1.165) is 31.9 Å². The van der Waals surface area contributed by atoms with Gasteiger partial charge in [-0.15, -0.1) is 0 Å². The van der Waals surface area contributed by atoms with E-state index in [9.17, 15) is 9.59 Å². The summed E-state index contributed by atoms with van der Waals surface area (Å²) in [4.78, 5) is 28.0. The molecule has 3 amide bonds. The maximum Gasteiger partial charge on any atom is 0.324 e. The zero-order chi connectivity index (χ0) is 15.4.